The molecule has 0 aromatic heterocycles. The Labute approximate surface area is 76.5 Å². The summed E-state index contributed by atoms with van der Waals surface area (Å²) >= 11 is 0. The van der Waals surface area contributed by atoms with Gasteiger partial charge < -0.3 is 4.74 Å². The highest BCUT2D eigenvalue weighted by Gasteiger charge is 2.17. The van der Waals surface area contributed by atoms with E-state index in [9.17, 15) is 0 Å². The van der Waals surface area contributed by atoms with Crippen molar-refractivity contribution in [1.29, 1.82) is 0 Å². The standard InChI is InChI=1S/C11H22O/c1-3-11(12-2)9-10-7-5-4-6-8-10/h10-11H,3-9H2,1-2H3/t11-/m1/s1. The summed E-state index contributed by atoms with van der Waals surface area (Å²) in [5.74, 6) is 0.962. The van der Waals surface area contributed by atoms with Crippen LogP contribution in [0.2, 0.25) is 0 Å². The molecule has 0 saturated heterocycles. The molecular formula is C11H22O. The van der Waals surface area contributed by atoms with Crippen LogP contribution in [0.15, 0.2) is 0 Å². The van der Waals surface area contributed by atoms with Gasteiger partial charge in [-0.2, -0.15) is 0 Å². The van der Waals surface area contributed by atoms with Gasteiger partial charge in [-0.25, -0.2) is 0 Å². The fourth-order valence-electron chi connectivity index (χ4n) is 2.22. The molecule has 1 rings (SSSR count). The fraction of sp³-hybridized carbons (Fsp3) is 1.00. The molecule has 0 aromatic rings. The van der Waals surface area contributed by atoms with Crippen LogP contribution in [0, 0.1) is 5.92 Å². The summed E-state index contributed by atoms with van der Waals surface area (Å²) in [5, 5.41) is 0. The van der Waals surface area contributed by atoms with Crippen LogP contribution in [0.25, 0.3) is 0 Å². The Morgan fingerprint density at radius 1 is 1.25 bits per heavy atom. The monoisotopic (exact) mass is 170 g/mol. The summed E-state index contributed by atoms with van der Waals surface area (Å²) in [5.41, 5.74) is 0. The molecule has 0 unspecified atom stereocenters. The van der Waals surface area contributed by atoms with Crippen LogP contribution < -0.4 is 0 Å². The van der Waals surface area contributed by atoms with Crippen LogP contribution in [-0.4, -0.2) is 13.2 Å². The molecule has 12 heavy (non-hydrogen) atoms. The molecular weight excluding hydrogens is 148 g/mol. The topological polar surface area (TPSA) is 9.23 Å². The molecule has 1 nitrogen and oxygen atoms in total. The summed E-state index contributed by atoms with van der Waals surface area (Å²) < 4.78 is 5.40. The van der Waals surface area contributed by atoms with Crippen LogP contribution in [-0.2, 0) is 4.74 Å². The molecule has 72 valence electrons. The second-order valence-electron chi connectivity index (χ2n) is 4.01. The van der Waals surface area contributed by atoms with Gasteiger partial charge in [0.05, 0.1) is 6.10 Å². The van der Waals surface area contributed by atoms with E-state index in [0.29, 0.717) is 6.10 Å². The lowest BCUT2D eigenvalue weighted by Gasteiger charge is -2.25. The first kappa shape index (κ1) is 10.0. The van der Waals surface area contributed by atoms with Crippen molar-refractivity contribution in [3.8, 4) is 0 Å². The smallest absolute Gasteiger partial charge is 0.0571 e. The quantitative estimate of drug-likeness (QED) is 0.628. The van der Waals surface area contributed by atoms with E-state index in [1.807, 2.05) is 7.11 Å². The van der Waals surface area contributed by atoms with Crippen LogP contribution in [0.3, 0.4) is 0 Å². The van der Waals surface area contributed by atoms with E-state index in [4.69, 9.17) is 4.74 Å². The van der Waals surface area contributed by atoms with Crippen molar-refractivity contribution in [2.24, 2.45) is 5.92 Å². The maximum absolute atomic E-state index is 5.40. The average Bonchev–Trinajstić information content (AvgIpc) is 2.16. The molecule has 0 spiro atoms. The first-order chi connectivity index (χ1) is 5.86. The minimum absolute atomic E-state index is 0.521. The SMILES string of the molecule is CC[C@H](CC1CCCCC1)OC. The zero-order chi connectivity index (χ0) is 8.81. The lowest BCUT2D eigenvalue weighted by atomic mass is 9.85. The Morgan fingerprint density at radius 2 is 1.92 bits per heavy atom. The van der Waals surface area contributed by atoms with Crippen molar-refractivity contribution < 1.29 is 4.74 Å². The lowest BCUT2D eigenvalue weighted by Crippen LogP contribution is -2.17. The molecule has 1 aliphatic rings. The molecule has 1 aliphatic carbocycles. The van der Waals surface area contributed by atoms with E-state index < -0.39 is 0 Å². The van der Waals surface area contributed by atoms with Gasteiger partial charge >= 0.3 is 0 Å². The van der Waals surface area contributed by atoms with Crippen molar-refractivity contribution >= 4 is 0 Å². The van der Waals surface area contributed by atoms with E-state index >= 15 is 0 Å². The summed E-state index contributed by atoms with van der Waals surface area (Å²) in [4.78, 5) is 0. The van der Waals surface area contributed by atoms with Gasteiger partial charge in [0.25, 0.3) is 0 Å². The van der Waals surface area contributed by atoms with Gasteiger partial charge in [0.15, 0.2) is 0 Å². The Balaban J connectivity index is 2.18. The Kier molecular flexibility index (Phi) is 4.67. The minimum atomic E-state index is 0.521. The van der Waals surface area contributed by atoms with Crippen LogP contribution >= 0.6 is 0 Å². The third-order valence-corrected chi connectivity index (χ3v) is 3.11. The number of ether oxygens (including phenoxy) is 1. The fourth-order valence-corrected chi connectivity index (χ4v) is 2.22. The summed E-state index contributed by atoms with van der Waals surface area (Å²) in [6, 6.07) is 0. The molecule has 0 N–H and O–H groups in total. The van der Waals surface area contributed by atoms with E-state index in [-0.39, 0.29) is 0 Å². The number of hydrogen-bond donors (Lipinski definition) is 0. The molecule has 0 radical (unpaired) electrons. The zero-order valence-corrected chi connectivity index (χ0v) is 8.51. The van der Waals surface area contributed by atoms with Crippen molar-refractivity contribution in [1.82, 2.24) is 0 Å². The normalized spacial score (nSPS) is 22.5. The second-order valence-corrected chi connectivity index (χ2v) is 4.01. The Bertz CT molecular complexity index is 102. The van der Waals surface area contributed by atoms with E-state index in [2.05, 4.69) is 6.92 Å². The highest BCUT2D eigenvalue weighted by molar-refractivity contribution is 4.69. The summed E-state index contributed by atoms with van der Waals surface area (Å²) in [6.45, 7) is 2.22. The first-order valence-electron chi connectivity index (χ1n) is 5.39. The predicted molar refractivity (Wildman–Crippen MR) is 52.3 cm³/mol. The van der Waals surface area contributed by atoms with E-state index in [0.717, 1.165) is 5.92 Å². The molecule has 1 heteroatoms. The van der Waals surface area contributed by atoms with Gasteiger partial charge in [-0.3, -0.25) is 0 Å². The summed E-state index contributed by atoms with van der Waals surface area (Å²) in [7, 11) is 1.84. The van der Waals surface area contributed by atoms with Gasteiger partial charge in [-0.05, 0) is 18.8 Å². The highest BCUT2D eigenvalue weighted by Crippen LogP contribution is 2.28. The van der Waals surface area contributed by atoms with Crippen molar-refractivity contribution in [2.45, 2.75) is 58.0 Å². The van der Waals surface area contributed by atoms with Gasteiger partial charge in [0.1, 0.15) is 0 Å². The number of rotatable bonds is 4. The van der Waals surface area contributed by atoms with Crippen molar-refractivity contribution in [2.75, 3.05) is 7.11 Å². The zero-order valence-electron chi connectivity index (χ0n) is 8.51. The van der Waals surface area contributed by atoms with Crippen LogP contribution in [0.5, 0.6) is 0 Å². The molecule has 0 aromatic carbocycles. The largest absolute Gasteiger partial charge is 0.381 e. The van der Waals surface area contributed by atoms with E-state index in [1.54, 1.807) is 0 Å². The van der Waals surface area contributed by atoms with Crippen LogP contribution in [0.4, 0.5) is 0 Å². The molecule has 0 bridgehead atoms. The highest BCUT2D eigenvalue weighted by atomic mass is 16.5. The molecule has 1 saturated carbocycles. The van der Waals surface area contributed by atoms with Gasteiger partial charge in [-0.15, -0.1) is 0 Å². The Morgan fingerprint density at radius 3 is 2.42 bits per heavy atom. The van der Waals surface area contributed by atoms with E-state index in [1.165, 1.54) is 44.9 Å². The number of hydrogen-bond acceptors (Lipinski definition) is 1. The maximum atomic E-state index is 5.40. The van der Waals surface area contributed by atoms with Gasteiger partial charge in [-0.1, -0.05) is 39.0 Å². The predicted octanol–water partition coefficient (Wildman–Crippen LogP) is 3.38. The molecule has 0 amide bonds. The average molecular weight is 170 g/mol. The van der Waals surface area contributed by atoms with Crippen molar-refractivity contribution in [3.63, 3.8) is 0 Å². The van der Waals surface area contributed by atoms with Gasteiger partial charge in [0, 0.05) is 7.11 Å². The molecule has 0 heterocycles. The second kappa shape index (κ2) is 5.58. The third kappa shape index (κ3) is 3.14. The van der Waals surface area contributed by atoms with Crippen LogP contribution in [0.1, 0.15) is 51.9 Å². The maximum Gasteiger partial charge on any atom is 0.0571 e. The van der Waals surface area contributed by atoms with Crippen molar-refractivity contribution in [3.05, 3.63) is 0 Å². The molecule has 1 fully saturated rings. The molecule has 0 aliphatic heterocycles. The van der Waals surface area contributed by atoms with Gasteiger partial charge in [0.2, 0.25) is 0 Å². The summed E-state index contributed by atoms with van der Waals surface area (Å²) in [6.07, 6.45) is 10.2. The minimum Gasteiger partial charge on any atom is -0.381 e. The third-order valence-electron chi connectivity index (χ3n) is 3.11. The molecule has 1 atom stereocenters. The number of methoxy groups -OCH3 is 1. The first-order valence-corrected chi connectivity index (χ1v) is 5.39. The lowest BCUT2D eigenvalue weighted by molar-refractivity contribution is 0.0708. The Hall–Kier alpha value is -0.0400.